The smallest absolute Gasteiger partial charge is 0.331 e. The molecular weight excluding hydrogens is 166 g/mol. The maximum atomic E-state index is 10.9. The second kappa shape index (κ2) is 6.66. The van der Waals surface area contributed by atoms with Gasteiger partial charge in [-0.2, -0.15) is 0 Å². The molecule has 1 N–H and O–H groups in total. The fraction of sp³-hybridized carbons (Fsp3) is 0.700. The lowest BCUT2D eigenvalue weighted by Gasteiger charge is -2.20. The Bertz CT molecular complexity index is 168. The Morgan fingerprint density at radius 1 is 1.54 bits per heavy atom. The summed E-state index contributed by atoms with van der Waals surface area (Å²) in [6.45, 7) is 9.46. The summed E-state index contributed by atoms with van der Waals surface area (Å²) in [6.07, 6.45) is 2.77. The maximum absolute atomic E-state index is 10.9. The molecule has 0 aromatic rings. The van der Waals surface area contributed by atoms with E-state index in [9.17, 15) is 4.79 Å². The van der Waals surface area contributed by atoms with Gasteiger partial charge in [0.15, 0.2) is 6.23 Å². The van der Waals surface area contributed by atoms with Crippen molar-refractivity contribution in [2.45, 2.75) is 45.9 Å². The van der Waals surface area contributed by atoms with Crippen molar-refractivity contribution in [3.05, 3.63) is 12.7 Å². The number of ether oxygens (including phenoxy) is 1. The Balaban J connectivity index is 3.88. The number of carbonyl (C=O) groups excluding carboxylic acids is 1. The minimum absolute atomic E-state index is 0.194. The van der Waals surface area contributed by atoms with E-state index in [2.05, 4.69) is 25.7 Å². The van der Waals surface area contributed by atoms with Crippen molar-refractivity contribution in [1.29, 1.82) is 0 Å². The highest BCUT2D eigenvalue weighted by Gasteiger charge is 2.11. The van der Waals surface area contributed by atoms with Crippen molar-refractivity contribution >= 4 is 5.97 Å². The summed E-state index contributed by atoms with van der Waals surface area (Å²) in [4.78, 5) is 10.9. The number of rotatable bonds is 6. The molecule has 2 atom stereocenters. The van der Waals surface area contributed by atoms with Crippen molar-refractivity contribution in [3.8, 4) is 0 Å². The molecule has 3 heteroatoms. The van der Waals surface area contributed by atoms with Gasteiger partial charge in [0.05, 0.1) is 0 Å². The summed E-state index contributed by atoms with van der Waals surface area (Å²) in [5.41, 5.74) is 0. The van der Waals surface area contributed by atoms with Gasteiger partial charge in [0, 0.05) is 12.1 Å². The lowest BCUT2D eigenvalue weighted by molar-refractivity contribution is -0.145. The number of hydrogen-bond donors (Lipinski definition) is 1. The second-order valence-corrected chi connectivity index (χ2v) is 3.01. The zero-order valence-corrected chi connectivity index (χ0v) is 8.67. The van der Waals surface area contributed by atoms with E-state index in [0.717, 1.165) is 12.8 Å². The van der Waals surface area contributed by atoms with Crippen molar-refractivity contribution in [3.63, 3.8) is 0 Å². The SMILES string of the molecule is C=CC(=O)OC(CC)NC(C)CC. The highest BCUT2D eigenvalue weighted by molar-refractivity contribution is 5.81. The van der Waals surface area contributed by atoms with Crippen LogP contribution >= 0.6 is 0 Å². The molecule has 0 aromatic carbocycles. The second-order valence-electron chi connectivity index (χ2n) is 3.01. The van der Waals surface area contributed by atoms with Crippen LogP contribution < -0.4 is 5.32 Å². The molecule has 13 heavy (non-hydrogen) atoms. The largest absolute Gasteiger partial charge is 0.443 e. The molecule has 0 bridgehead atoms. The lowest BCUT2D eigenvalue weighted by Crippen LogP contribution is -2.38. The predicted molar refractivity (Wildman–Crippen MR) is 53.3 cm³/mol. The molecule has 0 aromatic heterocycles. The number of esters is 1. The number of nitrogens with one attached hydrogen (secondary N) is 1. The van der Waals surface area contributed by atoms with E-state index in [1.165, 1.54) is 6.08 Å². The molecule has 76 valence electrons. The highest BCUT2D eigenvalue weighted by Crippen LogP contribution is 1.99. The quantitative estimate of drug-likeness (QED) is 0.390. The third-order valence-corrected chi connectivity index (χ3v) is 1.88. The Morgan fingerprint density at radius 2 is 2.15 bits per heavy atom. The van der Waals surface area contributed by atoms with Gasteiger partial charge in [-0.05, 0) is 19.8 Å². The fourth-order valence-electron chi connectivity index (χ4n) is 0.859. The first-order valence-electron chi connectivity index (χ1n) is 4.73. The van der Waals surface area contributed by atoms with Gasteiger partial charge in [0.25, 0.3) is 0 Å². The van der Waals surface area contributed by atoms with Gasteiger partial charge >= 0.3 is 5.97 Å². The molecule has 0 amide bonds. The first kappa shape index (κ1) is 12.2. The normalized spacial score (nSPS) is 14.7. The molecule has 0 aliphatic carbocycles. The molecule has 0 heterocycles. The van der Waals surface area contributed by atoms with Gasteiger partial charge < -0.3 is 4.74 Å². The average molecular weight is 185 g/mol. The molecule has 0 saturated carbocycles. The molecule has 2 unspecified atom stereocenters. The molecule has 0 radical (unpaired) electrons. The zero-order chi connectivity index (χ0) is 10.3. The third-order valence-electron chi connectivity index (χ3n) is 1.88. The van der Waals surface area contributed by atoms with Gasteiger partial charge in [-0.25, -0.2) is 4.79 Å². The van der Waals surface area contributed by atoms with Crippen LogP contribution in [0, 0.1) is 0 Å². The number of carbonyl (C=O) groups is 1. The van der Waals surface area contributed by atoms with Gasteiger partial charge in [0.1, 0.15) is 0 Å². The summed E-state index contributed by atoms with van der Waals surface area (Å²) in [5.74, 6) is -0.373. The molecule has 0 aliphatic rings. The fourth-order valence-corrected chi connectivity index (χ4v) is 0.859. The van der Waals surface area contributed by atoms with E-state index < -0.39 is 0 Å². The predicted octanol–water partition coefficient (Wildman–Crippen LogP) is 1.84. The van der Waals surface area contributed by atoms with E-state index in [1.54, 1.807) is 0 Å². The zero-order valence-electron chi connectivity index (χ0n) is 8.67. The Kier molecular flexibility index (Phi) is 6.24. The minimum atomic E-state index is -0.373. The Morgan fingerprint density at radius 3 is 2.54 bits per heavy atom. The summed E-state index contributed by atoms with van der Waals surface area (Å²) < 4.78 is 5.05. The maximum Gasteiger partial charge on any atom is 0.331 e. The standard InChI is InChI=1S/C10H19NO2/c1-5-8(4)11-9(6-2)13-10(12)7-3/h7-9,11H,3,5-6H2,1-2,4H3. The van der Waals surface area contributed by atoms with E-state index in [0.29, 0.717) is 6.04 Å². The molecular formula is C10H19NO2. The van der Waals surface area contributed by atoms with E-state index >= 15 is 0 Å². The topological polar surface area (TPSA) is 38.3 Å². The van der Waals surface area contributed by atoms with Crippen LogP contribution in [0.3, 0.4) is 0 Å². The molecule has 0 aliphatic heterocycles. The van der Waals surface area contributed by atoms with Crippen LogP contribution in [0.2, 0.25) is 0 Å². The van der Waals surface area contributed by atoms with E-state index in [1.807, 2.05) is 6.92 Å². The van der Waals surface area contributed by atoms with Crippen molar-refractivity contribution in [2.24, 2.45) is 0 Å². The summed E-state index contributed by atoms with van der Waals surface area (Å²) in [5, 5.41) is 3.19. The van der Waals surface area contributed by atoms with Gasteiger partial charge in [-0.3, -0.25) is 5.32 Å². The average Bonchev–Trinajstić information content (AvgIpc) is 2.16. The summed E-state index contributed by atoms with van der Waals surface area (Å²) in [7, 11) is 0. The van der Waals surface area contributed by atoms with Crippen LogP contribution in [0.25, 0.3) is 0 Å². The third kappa shape index (κ3) is 5.42. The lowest BCUT2D eigenvalue weighted by atomic mass is 10.2. The number of hydrogen-bond acceptors (Lipinski definition) is 3. The molecule has 3 nitrogen and oxygen atoms in total. The van der Waals surface area contributed by atoms with Crippen LogP contribution in [0.1, 0.15) is 33.6 Å². The minimum Gasteiger partial charge on any atom is -0.443 e. The van der Waals surface area contributed by atoms with Crippen LogP contribution in [0.5, 0.6) is 0 Å². The van der Waals surface area contributed by atoms with E-state index in [-0.39, 0.29) is 12.2 Å². The summed E-state index contributed by atoms with van der Waals surface area (Å²) >= 11 is 0. The molecule has 0 rings (SSSR count). The first-order valence-corrected chi connectivity index (χ1v) is 4.73. The van der Waals surface area contributed by atoms with Crippen LogP contribution in [0.15, 0.2) is 12.7 Å². The van der Waals surface area contributed by atoms with Crippen molar-refractivity contribution in [1.82, 2.24) is 5.32 Å². The first-order chi connectivity index (χ1) is 6.13. The summed E-state index contributed by atoms with van der Waals surface area (Å²) in [6, 6.07) is 0.363. The molecule has 0 spiro atoms. The molecule has 0 fully saturated rings. The van der Waals surface area contributed by atoms with Crippen LogP contribution in [-0.4, -0.2) is 18.2 Å². The van der Waals surface area contributed by atoms with Gasteiger partial charge in [-0.15, -0.1) is 0 Å². The van der Waals surface area contributed by atoms with Gasteiger partial charge in [-0.1, -0.05) is 20.4 Å². The Hall–Kier alpha value is -0.830. The van der Waals surface area contributed by atoms with Crippen LogP contribution in [0.4, 0.5) is 0 Å². The van der Waals surface area contributed by atoms with E-state index in [4.69, 9.17) is 4.74 Å². The molecule has 0 saturated heterocycles. The highest BCUT2D eigenvalue weighted by atomic mass is 16.6. The Labute approximate surface area is 80.2 Å². The van der Waals surface area contributed by atoms with Crippen LogP contribution in [-0.2, 0) is 9.53 Å². The monoisotopic (exact) mass is 185 g/mol. The van der Waals surface area contributed by atoms with Gasteiger partial charge in [0.2, 0.25) is 0 Å². The van der Waals surface area contributed by atoms with Crippen molar-refractivity contribution < 1.29 is 9.53 Å². The van der Waals surface area contributed by atoms with Crippen molar-refractivity contribution in [2.75, 3.05) is 0 Å².